The Morgan fingerprint density at radius 3 is 3.06 bits per heavy atom. The molecule has 0 aromatic rings. The molecule has 1 fully saturated rings. The largest absolute Gasteiger partial charge is 0.447 e. The Kier molecular flexibility index (Phi) is 4.58. The molecule has 18 heavy (non-hydrogen) atoms. The van der Waals surface area contributed by atoms with Gasteiger partial charge >= 0.3 is 6.09 Å². The summed E-state index contributed by atoms with van der Waals surface area (Å²) in [5.74, 6) is 0. The minimum Gasteiger partial charge on any atom is -0.447 e. The number of halogens is 1. The van der Waals surface area contributed by atoms with Crippen LogP contribution in [0.4, 0.5) is 9.18 Å². The molecule has 5 heteroatoms. The number of carbonyl (C=O) groups is 1. The van der Waals surface area contributed by atoms with E-state index >= 15 is 0 Å². The van der Waals surface area contributed by atoms with Gasteiger partial charge in [0, 0.05) is 19.6 Å². The molecule has 1 saturated heterocycles. The zero-order valence-electron chi connectivity index (χ0n) is 10.9. The number of amides is 1. The molecular formula is C13H21FN2O2. The molecule has 2 aliphatic heterocycles. The van der Waals surface area contributed by atoms with Crippen LogP contribution in [0.15, 0.2) is 11.6 Å². The van der Waals surface area contributed by atoms with Crippen molar-refractivity contribution in [2.45, 2.75) is 25.3 Å². The van der Waals surface area contributed by atoms with Gasteiger partial charge in [0.1, 0.15) is 13.3 Å². The van der Waals surface area contributed by atoms with Crippen molar-refractivity contribution in [1.82, 2.24) is 9.80 Å². The van der Waals surface area contributed by atoms with E-state index in [0.717, 1.165) is 38.9 Å². The van der Waals surface area contributed by atoms with Gasteiger partial charge in [0.05, 0.1) is 6.04 Å². The second-order valence-corrected chi connectivity index (χ2v) is 4.95. The Bertz CT molecular complexity index is 333. The van der Waals surface area contributed by atoms with Crippen LogP contribution in [0.1, 0.15) is 19.3 Å². The SMILES string of the molecule is CN1CC=C([C@@H]2CCCN2C(=O)OCCF)CC1. The third-order valence-corrected chi connectivity index (χ3v) is 3.67. The fraction of sp³-hybridized carbons (Fsp3) is 0.769. The molecule has 0 unspecified atom stereocenters. The molecule has 4 nitrogen and oxygen atoms in total. The molecule has 0 spiro atoms. The number of ether oxygens (including phenoxy) is 1. The van der Waals surface area contributed by atoms with Gasteiger partial charge in [-0.05, 0) is 31.9 Å². The Morgan fingerprint density at radius 2 is 2.39 bits per heavy atom. The minimum absolute atomic E-state index is 0.135. The van der Waals surface area contributed by atoms with Crippen LogP contribution in [0.3, 0.4) is 0 Å². The fourth-order valence-electron chi connectivity index (χ4n) is 2.67. The van der Waals surface area contributed by atoms with E-state index in [-0.39, 0.29) is 18.7 Å². The van der Waals surface area contributed by atoms with E-state index in [1.54, 1.807) is 4.90 Å². The van der Waals surface area contributed by atoms with E-state index in [2.05, 4.69) is 18.0 Å². The normalized spacial score (nSPS) is 25.1. The van der Waals surface area contributed by atoms with Crippen LogP contribution in [-0.4, -0.2) is 61.9 Å². The Balaban J connectivity index is 1.97. The monoisotopic (exact) mass is 256 g/mol. The predicted molar refractivity (Wildman–Crippen MR) is 67.2 cm³/mol. The van der Waals surface area contributed by atoms with E-state index < -0.39 is 6.67 Å². The lowest BCUT2D eigenvalue weighted by Gasteiger charge is -2.30. The van der Waals surface area contributed by atoms with Gasteiger partial charge in [0.2, 0.25) is 0 Å². The standard InChI is InChI=1S/C13H21FN2O2/c1-15-8-4-11(5-9-15)12-3-2-7-16(12)13(17)18-10-6-14/h4,12H,2-3,5-10H2,1H3/t12-/m0/s1. The first-order valence-electron chi connectivity index (χ1n) is 6.59. The van der Waals surface area contributed by atoms with Crippen molar-refractivity contribution in [2.24, 2.45) is 0 Å². The van der Waals surface area contributed by atoms with Crippen molar-refractivity contribution in [3.63, 3.8) is 0 Å². The molecule has 0 aromatic heterocycles. The van der Waals surface area contributed by atoms with Crippen molar-refractivity contribution >= 4 is 6.09 Å². The number of nitrogens with zero attached hydrogens (tertiary/aromatic N) is 2. The molecule has 102 valence electrons. The molecule has 2 heterocycles. The average Bonchev–Trinajstić information content (AvgIpc) is 2.86. The molecule has 0 bridgehead atoms. The molecule has 0 aromatic carbocycles. The van der Waals surface area contributed by atoms with Crippen molar-refractivity contribution in [2.75, 3.05) is 40.0 Å². The lowest BCUT2D eigenvalue weighted by atomic mass is 9.98. The first kappa shape index (κ1) is 13.3. The van der Waals surface area contributed by atoms with Gasteiger partial charge in [0.25, 0.3) is 0 Å². The molecule has 1 amide bonds. The highest BCUT2D eigenvalue weighted by Crippen LogP contribution is 2.27. The lowest BCUT2D eigenvalue weighted by Crippen LogP contribution is -2.39. The van der Waals surface area contributed by atoms with Gasteiger partial charge in [0.15, 0.2) is 0 Å². The van der Waals surface area contributed by atoms with Gasteiger partial charge in [-0.15, -0.1) is 0 Å². The number of alkyl halides is 1. The third-order valence-electron chi connectivity index (χ3n) is 3.67. The molecule has 0 N–H and O–H groups in total. The first-order valence-corrected chi connectivity index (χ1v) is 6.59. The summed E-state index contributed by atoms with van der Waals surface area (Å²) in [5.41, 5.74) is 1.34. The predicted octanol–water partition coefficient (Wildman–Crippen LogP) is 1.82. The number of carbonyl (C=O) groups excluding carboxylic acids is 1. The zero-order chi connectivity index (χ0) is 13.0. The summed E-state index contributed by atoms with van der Waals surface area (Å²) in [6, 6.07) is 0.172. The maximum absolute atomic E-state index is 12.0. The van der Waals surface area contributed by atoms with Crippen molar-refractivity contribution < 1.29 is 13.9 Å². The second-order valence-electron chi connectivity index (χ2n) is 4.95. The lowest BCUT2D eigenvalue weighted by molar-refractivity contribution is 0.0955. The highest BCUT2D eigenvalue weighted by atomic mass is 19.1. The minimum atomic E-state index is -0.613. The van der Waals surface area contributed by atoms with E-state index in [1.807, 2.05) is 0 Å². The number of hydrogen-bond donors (Lipinski definition) is 0. The summed E-state index contributed by atoms with van der Waals surface area (Å²) in [4.78, 5) is 15.8. The second kappa shape index (κ2) is 6.18. The molecule has 0 radical (unpaired) electrons. The molecule has 2 aliphatic rings. The molecular weight excluding hydrogens is 235 g/mol. The van der Waals surface area contributed by atoms with Crippen molar-refractivity contribution in [3.05, 3.63) is 11.6 Å². The summed E-state index contributed by atoms with van der Waals surface area (Å²) in [5, 5.41) is 0. The van der Waals surface area contributed by atoms with Crippen LogP contribution in [0.25, 0.3) is 0 Å². The van der Waals surface area contributed by atoms with Gasteiger partial charge in [-0.1, -0.05) is 6.08 Å². The highest BCUT2D eigenvalue weighted by Gasteiger charge is 2.32. The van der Waals surface area contributed by atoms with E-state index in [1.165, 1.54) is 5.57 Å². The summed E-state index contributed by atoms with van der Waals surface area (Å²) in [6.45, 7) is 1.96. The average molecular weight is 256 g/mol. The molecule has 0 saturated carbocycles. The van der Waals surface area contributed by atoms with E-state index in [9.17, 15) is 9.18 Å². The van der Waals surface area contributed by atoms with Gasteiger partial charge in [-0.2, -0.15) is 0 Å². The Labute approximate surface area is 107 Å². The number of likely N-dealkylation sites (N-methyl/N-ethyl adjacent to an activating group) is 1. The summed E-state index contributed by atoms with van der Waals surface area (Å²) in [7, 11) is 2.09. The summed E-state index contributed by atoms with van der Waals surface area (Å²) < 4.78 is 16.9. The van der Waals surface area contributed by atoms with Crippen LogP contribution >= 0.6 is 0 Å². The van der Waals surface area contributed by atoms with Crippen LogP contribution < -0.4 is 0 Å². The number of hydrogen-bond acceptors (Lipinski definition) is 3. The van der Waals surface area contributed by atoms with Crippen LogP contribution in [-0.2, 0) is 4.74 Å². The van der Waals surface area contributed by atoms with Gasteiger partial charge in [-0.25, -0.2) is 9.18 Å². The smallest absolute Gasteiger partial charge is 0.410 e. The summed E-state index contributed by atoms with van der Waals surface area (Å²) >= 11 is 0. The van der Waals surface area contributed by atoms with E-state index in [0.29, 0.717) is 0 Å². The Morgan fingerprint density at radius 1 is 1.56 bits per heavy atom. The number of rotatable bonds is 3. The zero-order valence-corrected chi connectivity index (χ0v) is 10.9. The topological polar surface area (TPSA) is 32.8 Å². The third kappa shape index (κ3) is 3.02. The maximum atomic E-state index is 12.0. The first-order chi connectivity index (χ1) is 8.72. The molecule has 1 atom stereocenters. The van der Waals surface area contributed by atoms with Gasteiger partial charge < -0.3 is 14.5 Å². The molecule has 2 rings (SSSR count). The summed E-state index contributed by atoms with van der Waals surface area (Å²) in [6.07, 6.45) is 4.86. The highest BCUT2D eigenvalue weighted by molar-refractivity contribution is 5.69. The van der Waals surface area contributed by atoms with Gasteiger partial charge in [-0.3, -0.25) is 0 Å². The van der Waals surface area contributed by atoms with E-state index in [4.69, 9.17) is 4.74 Å². The maximum Gasteiger partial charge on any atom is 0.410 e. The molecule has 0 aliphatic carbocycles. The van der Waals surface area contributed by atoms with Crippen LogP contribution in [0.2, 0.25) is 0 Å². The Hall–Kier alpha value is -1.10. The number of likely N-dealkylation sites (tertiary alicyclic amines) is 1. The fourth-order valence-corrected chi connectivity index (χ4v) is 2.67. The quantitative estimate of drug-likeness (QED) is 0.722. The van der Waals surface area contributed by atoms with Crippen molar-refractivity contribution in [3.8, 4) is 0 Å². The van der Waals surface area contributed by atoms with Crippen molar-refractivity contribution in [1.29, 1.82) is 0 Å². The van der Waals surface area contributed by atoms with Crippen LogP contribution in [0.5, 0.6) is 0 Å². The van der Waals surface area contributed by atoms with Crippen LogP contribution in [0, 0.1) is 0 Å².